The van der Waals surface area contributed by atoms with Crippen LogP contribution >= 0.6 is 0 Å². The van der Waals surface area contributed by atoms with E-state index in [2.05, 4.69) is 42.3 Å². The van der Waals surface area contributed by atoms with Crippen molar-refractivity contribution in [1.29, 1.82) is 0 Å². The zero-order valence-corrected chi connectivity index (χ0v) is 11.1. The van der Waals surface area contributed by atoms with Crippen molar-refractivity contribution in [2.24, 2.45) is 0 Å². The van der Waals surface area contributed by atoms with E-state index in [1.165, 1.54) is 36.1 Å². The Morgan fingerprint density at radius 3 is 2.88 bits per heavy atom. The van der Waals surface area contributed by atoms with E-state index < -0.39 is 0 Å². The summed E-state index contributed by atoms with van der Waals surface area (Å²) in [5, 5.41) is 3.45. The van der Waals surface area contributed by atoms with Gasteiger partial charge in [-0.25, -0.2) is 0 Å². The van der Waals surface area contributed by atoms with Crippen LogP contribution in [-0.4, -0.2) is 24.5 Å². The van der Waals surface area contributed by atoms with Crippen molar-refractivity contribution in [1.82, 2.24) is 10.2 Å². The molecule has 0 saturated carbocycles. The molecule has 94 valence electrons. The van der Waals surface area contributed by atoms with Gasteiger partial charge in [-0.3, -0.25) is 4.90 Å². The van der Waals surface area contributed by atoms with Crippen LogP contribution in [0.2, 0.25) is 0 Å². The third-order valence-corrected chi connectivity index (χ3v) is 3.55. The molecule has 0 aromatic heterocycles. The molecule has 0 spiro atoms. The minimum atomic E-state index is 1.04. The predicted octanol–water partition coefficient (Wildman–Crippen LogP) is 2.56. The first-order valence-electron chi connectivity index (χ1n) is 6.87. The van der Waals surface area contributed by atoms with E-state index in [1.54, 1.807) is 0 Å². The Morgan fingerprint density at radius 2 is 2.12 bits per heavy atom. The standard InChI is InChI=1S/C15H24N2/c1-3-9-17(4-2)12-13-5-6-14-7-8-16-11-15(14)10-13/h5-6,10,16H,3-4,7-9,11-12H2,1-2H3. The highest BCUT2D eigenvalue weighted by atomic mass is 15.1. The maximum Gasteiger partial charge on any atom is 0.0233 e. The molecular formula is C15H24N2. The van der Waals surface area contributed by atoms with Crippen LogP contribution in [0.3, 0.4) is 0 Å². The average molecular weight is 232 g/mol. The lowest BCUT2D eigenvalue weighted by Crippen LogP contribution is -2.25. The van der Waals surface area contributed by atoms with Crippen molar-refractivity contribution < 1.29 is 0 Å². The molecule has 1 N–H and O–H groups in total. The van der Waals surface area contributed by atoms with Crippen molar-refractivity contribution in [3.05, 3.63) is 34.9 Å². The topological polar surface area (TPSA) is 15.3 Å². The van der Waals surface area contributed by atoms with Crippen LogP contribution in [0.25, 0.3) is 0 Å². The molecule has 2 heteroatoms. The monoisotopic (exact) mass is 232 g/mol. The zero-order valence-electron chi connectivity index (χ0n) is 11.1. The van der Waals surface area contributed by atoms with E-state index in [1.807, 2.05) is 0 Å². The third kappa shape index (κ3) is 3.30. The van der Waals surface area contributed by atoms with Gasteiger partial charge in [0.25, 0.3) is 0 Å². The number of hydrogen-bond donors (Lipinski definition) is 1. The molecule has 1 aromatic rings. The molecule has 0 radical (unpaired) electrons. The number of nitrogens with one attached hydrogen (secondary N) is 1. The van der Waals surface area contributed by atoms with Crippen LogP contribution in [0.5, 0.6) is 0 Å². The summed E-state index contributed by atoms with van der Waals surface area (Å²) in [7, 11) is 0. The fourth-order valence-electron chi connectivity index (χ4n) is 2.56. The number of rotatable bonds is 5. The van der Waals surface area contributed by atoms with Crippen LogP contribution in [0.15, 0.2) is 18.2 Å². The van der Waals surface area contributed by atoms with Gasteiger partial charge in [0.15, 0.2) is 0 Å². The summed E-state index contributed by atoms with van der Waals surface area (Å²) in [6.07, 6.45) is 2.42. The van der Waals surface area contributed by atoms with Gasteiger partial charge in [0.2, 0.25) is 0 Å². The second-order valence-electron chi connectivity index (χ2n) is 4.90. The van der Waals surface area contributed by atoms with Gasteiger partial charge in [-0.15, -0.1) is 0 Å². The van der Waals surface area contributed by atoms with E-state index in [9.17, 15) is 0 Å². The molecule has 0 amide bonds. The lowest BCUT2D eigenvalue weighted by Gasteiger charge is -2.22. The fraction of sp³-hybridized carbons (Fsp3) is 0.600. The van der Waals surface area contributed by atoms with E-state index in [0.717, 1.165) is 26.2 Å². The SMILES string of the molecule is CCCN(CC)Cc1ccc2c(c1)CNCC2. The third-order valence-electron chi connectivity index (χ3n) is 3.55. The molecule has 0 unspecified atom stereocenters. The minimum Gasteiger partial charge on any atom is -0.312 e. The molecule has 0 atom stereocenters. The first-order valence-corrected chi connectivity index (χ1v) is 6.87. The molecule has 17 heavy (non-hydrogen) atoms. The predicted molar refractivity (Wildman–Crippen MR) is 73.1 cm³/mol. The Bertz CT molecular complexity index is 360. The molecular weight excluding hydrogens is 208 g/mol. The molecule has 0 bridgehead atoms. The van der Waals surface area contributed by atoms with Gasteiger partial charge in [-0.05, 0) is 49.2 Å². The van der Waals surface area contributed by atoms with Crippen molar-refractivity contribution in [2.75, 3.05) is 19.6 Å². The van der Waals surface area contributed by atoms with Gasteiger partial charge in [0.05, 0.1) is 0 Å². The highest BCUT2D eigenvalue weighted by Gasteiger charge is 2.10. The highest BCUT2D eigenvalue weighted by molar-refractivity contribution is 5.33. The molecule has 0 saturated heterocycles. The van der Waals surface area contributed by atoms with Crippen LogP contribution in [0, 0.1) is 0 Å². The summed E-state index contributed by atoms with van der Waals surface area (Å²) in [5.41, 5.74) is 4.50. The summed E-state index contributed by atoms with van der Waals surface area (Å²) < 4.78 is 0. The van der Waals surface area contributed by atoms with Crippen molar-refractivity contribution in [2.45, 2.75) is 39.8 Å². The quantitative estimate of drug-likeness (QED) is 0.839. The van der Waals surface area contributed by atoms with Gasteiger partial charge in [0, 0.05) is 13.1 Å². The highest BCUT2D eigenvalue weighted by Crippen LogP contribution is 2.17. The van der Waals surface area contributed by atoms with Gasteiger partial charge >= 0.3 is 0 Å². The first kappa shape index (κ1) is 12.6. The lowest BCUT2D eigenvalue weighted by molar-refractivity contribution is 0.280. The zero-order chi connectivity index (χ0) is 12.1. The molecule has 2 rings (SSSR count). The molecule has 2 nitrogen and oxygen atoms in total. The smallest absolute Gasteiger partial charge is 0.0233 e. The summed E-state index contributed by atoms with van der Waals surface area (Å²) >= 11 is 0. The normalized spacial score (nSPS) is 15.0. The largest absolute Gasteiger partial charge is 0.312 e. The summed E-state index contributed by atoms with van der Waals surface area (Å²) in [4.78, 5) is 2.51. The maximum absolute atomic E-state index is 3.45. The summed E-state index contributed by atoms with van der Waals surface area (Å²) in [6.45, 7) is 10.1. The fourth-order valence-corrected chi connectivity index (χ4v) is 2.56. The molecule has 1 aliphatic heterocycles. The first-order chi connectivity index (χ1) is 8.33. The van der Waals surface area contributed by atoms with Crippen LogP contribution in [-0.2, 0) is 19.5 Å². The van der Waals surface area contributed by atoms with E-state index >= 15 is 0 Å². The van der Waals surface area contributed by atoms with E-state index in [0.29, 0.717) is 0 Å². The van der Waals surface area contributed by atoms with Crippen molar-refractivity contribution in [3.8, 4) is 0 Å². The Kier molecular flexibility index (Phi) is 4.57. The van der Waals surface area contributed by atoms with Crippen molar-refractivity contribution >= 4 is 0 Å². The Balaban J connectivity index is 2.05. The Hall–Kier alpha value is -0.860. The summed E-state index contributed by atoms with van der Waals surface area (Å²) in [5.74, 6) is 0. The second-order valence-corrected chi connectivity index (χ2v) is 4.90. The molecule has 1 heterocycles. The van der Waals surface area contributed by atoms with E-state index in [-0.39, 0.29) is 0 Å². The Morgan fingerprint density at radius 1 is 1.24 bits per heavy atom. The van der Waals surface area contributed by atoms with Gasteiger partial charge in [-0.1, -0.05) is 32.0 Å². The van der Waals surface area contributed by atoms with Crippen molar-refractivity contribution in [3.63, 3.8) is 0 Å². The minimum absolute atomic E-state index is 1.04. The lowest BCUT2D eigenvalue weighted by atomic mass is 9.98. The van der Waals surface area contributed by atoms with Crippen LogP contribution in [0.4, 0.5) is 0 Å². The number of fused-ring (bicyclic) bond motifs is 1. The number of nitrogens with zero attached hydrogens (tertiary/aromatic N) is 1. The summed E-state index contributed by atoms with van der Waals surface area (Å²) in [6, 6.07) is 7.02. The maximum atomic E-state index is 3.45. The Labute approximate surface area is 105 Å². The number of benzene rings is 1. The van der Waals surface area contributed by atoms with Gasteiger partial charge in [0.1, 0.15) is 0 Å². The molecule has 1 aliphatic rings. The number of hydrogen-bond acceptors (Lipinski definition) is 2. The van der Waals surface area contributed by atoms with Gasteiger partial charge in [-0.2, -0.15) is 0 Å². The van der Waals surface area contributed by atoms with Crippen LogP contribution < -0.4 is 5.32 Å². The van der Waals surface area contributed by atoms with E-state index in [4.69, 9.17) is 0 Å². The second kappa shape index (κ2) is 6.18. The molecule has 0 fully saturated rings. The average Bonchev–Trinajstić information content (AvgIpc) is 2.38. The molecule has 1 aromatic carbocycles. The van der Waals surface area contributed by atoms with Gasteiger partial charge < -0.3 is 5.32 Å². The van der Waals surface area contributed by atoms with Crippen LogP contribution in [0.1, 0.15) is 37.0 Å². The molecule has 0 aliphatic carbocycles.